The molecule has 4 heteroatoms. The van der Waals surface area contributed by atoms with Gasteiger partial charge < -0.3 is 15.2 Å². The molecule has 0 spiro atoms. The van der Waals surface area contributed by atoms with Crippen LogP contribution in [0.1, 0.15) is 17.5 Å². The Morgan fingerprint density at radius 1 is 1.31 bits per heavy atom. The molecule has 0 amide bonds. The number of nitrogens with two attached hydrogens (primary N) is 1. The first kappa shape index (κ1) is 12.9. The SMILES string of the molecule is COCc1c(F)ccc(CCCN)c1OC. The van der Waals surface area contributed by atoms with Crippen LogP contribution in [0.15, 0.2) is 12.1 Å². The molecule has 0 saturated heterocycles. The van der Waals surface area contributed by atoms with Gasteiger partial charge in [0, 0.05) is 7.11 Å². The maximum Gasteiger partial charge on any atom is 0.132 e. The molecule has 3 nitrogen and oxygen atoms in total. The summed E-state index contributed by atoms with van der Waals surface area (Å²) in [5.74, 6) is 0.283. The zero-order valence-electron chi connectivity index (χ0n) is 9.75. The Morgan fingerprint density at radius 3 is 2.62 bits per heavy atom. The van der Waals surface area contributed by atoms with E-state index < -0.39 is 0 Å². The summed E-state index contributed by atoms with van der Waals surface area (Å²) in [5.41, 5.74) is 6.90. The highest BCUT2D eigenvalue weighted by molar-refractivity contribution is 5.42. The molecule has 0 bridgehead atoms. The molecule has 0 unspecified atom stereocenters. The first-order valence-corrected chi connectivity index (χ1v) is 5.27. The van der Waals surface area contributed by atoms with Gasteiger partial charge in [-0.25, -0.2) is 4.39 Å². The molecule has 0 aromatic heterocycles. The number of hydrogen-bond donors (Lipinski definition) is 1. The predicted octanol–water partition coefficient (Wildman–Crippen LogP) is 1.87. The van der Waals surface area contributed by atoms with Gasteiger partial charge in [-0.05, 0) is 31.0 Å². The second-order valence-corrected chi connectivity index (χ2v) is 3.54. The summed E-state index contributed by atoms with van der Waals surface area (Å²) < 4.78 is 23.8. The molecule has 0 aliphatic heterocycles. The van der Waals surface area contributed by atoms with Gasteiger partial charge in [-0.2, -0.15) is 0 Å². The number of benzene rings is 1. The van der Waals surface area contributed by atoms with E-state index in [1.54, 1.807) is 13.2 Å². The van der Waals surface area contributed by atoms with Crippen LogP contribution < -0.4 is 10.5 Å². The van der Waals surface area contributed by atoms with Gasteiger partial charge in [0.05, 0.1) is 19.3 Å². The van der Waals surface area contributed by atoms with Crippen molar-refractivity contribution in [2.75, 3.05) is 20.8 Å². The monoisotopic (exact) mass is 227 g/mol. The van der Waals surface area contributed by atoms with Crippen molar-refractivity contribution in [3.63, 3.8) is 0 Å². The smallest absolute Gasteiger partial charge is 0.132 e. The quantitative estimate of drug-likeness (QED) is 0.807. The molecule has 0 saturated carbocycles. The maximum atomic E-state index is 13.5. The van der Waals surface area contributed by atoms with E-state index in [1.807, 2.05) is 0 Å². The van der Waals surface area contributed by atoms with Gasteiger partial charge in [0.15, 0.2) is 0 Å². The molecule has 2 N–H and O–H groups in total. The van der Waals surface area contributed by atoms with Crippen molar-refractivity contribution >= 4 is 0 Å². The van der Waals surface area contributed by atoms with Gasteiger partial charge in [-0.15, -0.1) is 0 Å². The third-order valence-electron chi connectivity index (χ3n) is 2.43. The van der Waals surface area contributed by atoms with Crippen LogP contribution in [-0.2, 0) is 17.8 Å². The Balaban J connectivity index is 3.04. The van der Waals surface area contributed by atoms with Crippen LogP contribution in [0.3, 0.4) is 0 Å². The second-order valence-electron chi connectivity index (χ2n) is 3.54. The largest absolute Gasteiger partial charge is 0.496 e. The lowest BCUT2D eigenvalue weighted by Gasteiger charge is -2.13. The molecule has 0 heterocycles. The Hall–Kier alpha value is -1.13. The van der Waals surface area contributed by atoms with E-state index in [0.29, 0.717) is 17.9 Å². The highest BCUT2D eigenvalue weighted by Gasteiger charge is 2.13. The van der Waals surface area contributed by atoms with E-state index in [1.165, 1.54) is 13.2 Å². The minimum atomic E-state index is -0.296. The van der Waals surface area contributed by atoms with Crippen LogP contribution in [-0.4, -0.2) is 20.8 Å². The number of ether oxygens (including phenoxy) is 2. The lowest BCUT2D eigenvalue weighted by Crippen LogP contribution is -2.05. The molecule has 90 valence electrons. The molecule has 0 aliphatic rings. The molecule has 0 fully saturated rings. The third-order valence-corrected chi connectivity index (χ3v) is 2.43. The molecule has 0 atom stereocenters. The van der Waals surface area contributed by atoms with Crippen LogP contribution in [0.5, 0.6) is 5.75 Å². The van der Waals surface area contributed by atoms with Crippen LogP contribution in [0.4, 0.5) is 4.39 Å². The molecule has 1 aromatic rings. The van der Waals surface area contributed by atoms with E-state index in [9.17, 15) is 4.39 Å². The minimum absolute atomic E-state index is 0.214. The highest BCUT2D eigenvalue weighted by Crippen LogP contribution is 2.28. The standard InChI is InChI=1S/C12H18FNO2/c1-15-8-10-11(13)6-5-9(4-3-7-14)12(10)16-2/h5-6H,3-4,7-8,14H2,1-2H3. The lowest BCUT2D eigenvalue weighted by molar-refractivity contribution is 0.177. The normalized spacial score (nSPS) is 10.5. The zero-order valence-corrected chi connectivity index (χ0v) is 9.75. The second kappa shape index (κ2) is 6.45. The lowest BCUT2D eigenvalue weighted by atomic mass is 10.0. The summed E-state index contributed by atoms with van der Waals surface area (Å²) in [4.78, 5) is 0. The number of aryl methyl sites for hydroxylation is 1. The molecular weight excluding hydrogens is 209 g/mol. The fourth-order valence-electron chi connectivity index (χ4n) is 1.67. The molecular formula is C12H18FNO2. The van der Waals surface area contributed by atoms with E-state index in [2.05, 4.69) is 0 Å². The summed E-state index contributed by atoms with van der Waals surface area (Å²) in [5, 5.41) is 0. The van der Waals surface area contributed by atoms with Crippen molar-refractivity contribution in [2.45, 2.75) is 19.4 Å². The molecule has 0 aliphatic carbocycles. The average molecular weight is 227 g/mol. The number of hydrogen-bond acceptors (Lipinski definition) is 3. The van der Waals surface area contributed by atoms with E-state index >= 15 is 0 Å². The molecule has 1 aromatic carbocycles. The van der Waals surface area contributed by atoms with E-state index in [-0.39, 0.29) is 12.4 Å². The molecule has 0 radical (unpaired) electrons. The van der Waals surface area contributed by atoms with Crippen molar-refractivity contribution in [3.8, 4) is 5.75 Å². The molecule has 1 rings (SSSR count). The van der Waals surface area contributed by atoms with Gasteiger partial charge in [0.1, 0.15) is 11.6 Å². The fourth-order valence-corrected chi connectivity index (χ4v) is 1.67. The summed E-state index contributed by atoms with van der Waals surface area (Å²) in [7, 11) is 3.07. The Kier molecular flexibility index (Phi) is 5.22. The van der Waals surface area contributed by atoms with Crippen LogP contribution in [0.2, 0.25) is 0 Å². The first-order valence-electron chi connectivity index (χ1n) is 5.27. The van der Waals surface area contributed by atoms with E-state index in [0.717, 1.165) is 18.4 Å². The third kappa shape index (κ3) is 2.93. The summed E-state index contributed by atoms with van der Waals surface area (Å²) in [6.07, 6.45) is 1.64. The van der Waals surface area contributed by atoms with Crippen molar-refractivity contribution in [1.29, 1.82) is 0 Å². The molecule has 16 heavy (non-hydrogen) atoms. The van der Waals surface area contributed by atoms with Gasteiger partial charge in [-0.1, -0.05) is 6.07 Å². The average Bonchev–Trinajstić information content (AvgIpc) is 2.30. The van der Waals surface area contributed by atoms with Crippen LogP contribution in [0, 0.1) is 5.82 Å². The Labute approximate surface area is 95.4 Å². The number of halogens is 1. The minimum Gasteiger partial charge on any atom is -0.496 e. The summed E-state index contributed by atoms with van der Waals surface area (Å²) in [6.45, 7) is 0.825. The summed E-state index contributed by atoms with van der Waals surface area (Å²) in [6, 6.07) is 3.19. The topological polar surface area (TPSA) is 44.5 Å². The summed E-state index contributed by atoms with van der Waals surface area (Å²) >= 11 is 0. The van der Waals surface area contributed by atoms with Crippen LogP contribution in [0.25, 0.3) is 0 Å². The van der Waals surface area contributed by atoms with Crippen molar-refractivity contribution in [2.24, 2.45) is 5.73 Å². The number of rotatable bonds is 6. The maximum absolute atomic E-state index is 13.5. The fraction of sp³-hybridized carbons (Fsp3) is 0.500. The zero-order chi connectivity index (χ0) is 12.0. The van der Waals surface area contributed by atoms with E-state index in [4.69, 9.17) is 15.2 Å². The number of methoxy groups -OCH3 is 2. The van der Waals surface area contributed by atoms with Crippen molar-refractivity contribution in [1.82, 2.24) is 0 Å². The van der Waals surface area contributed by atoms with Gasteiger partial charge in [0.2, 0.25) is 0 Å². The van der Waals surface area contributed by atoms with Gasteiger partial charge in [-0.3, -0.25) is 0 Å². The van der Waals surface area contributed by atoms with Gasteiger partial charge in [0.25, 0.3) is 0 Å². The van der Waals surface area contributed by atoms with Crippen molar-refractivity contribution in [3.05, 3.63) is 29.1 Å². The highest BCUT2D eigenvalue weighted by atomic mass is 19.1. The first-order chi connectivity index (χ1) is 7.74. The Morgan fingerprint density at radius 2 is 2.06 bits per heavy atom. The van der Waals surface area contributed by atoms with Gasteiger partial charge >= 0.3 is 0 Å². The Bertz CT molecular complexity index is 342. The van der Waals surface area contributed by atoms with Crippen molar-refractivity contribution < 1.29 is 13.9 Å². The van der Waals surface area contributed by atoms with Crippen LogP contribution >= 0.6 is 0 Å². The predicted molar refractivity (Wildman–Crippen MR) is 61.0 cm³/mol.